The molecule has 0 aliphatic heterocycles. The maximum atomic E-state index is 12.3. The fourth-order valence-electron chi connectivity index (χ4n) is 1.97. The number of rotatable bonds is 8. The first-order valence-corrected chi connectivity index (χ1v) is 8.65. The van der Waals surface area contributed by atoms with E-state index in [1.165, 1.54) is 0 Å². The molecule has 0 aliphatic carbocycles. The van der Waals surface area contributed by atoms with Gasteiger partial charge in [0, 0.05) is 19.2 Å². The second kappa shape index (κ2) is 7.24. The minimum absolute atomic E-state index is 0.150. The number of sulfonamides is 1. The van der Waals surface area contributed by atoms with Crippen molar-refractivity contribution < 1.29 is 13.2 Å². The van der Waals surface area contributed by atoms with E-state index in [2.05, 4.69) is 10.0 Å². The number of anilines is 1. The standard InChI is InChI=1S/C15H26N2O3S/c1-6-20-15(4,5)11-16-13-9-7-8-10-14(13)21(18,19)17-12(2)3/h7-10,12,16-17H,6,11H2,1-5H3. The topological polar surface area (TPSA) is 67.4 Å². The van der Waals surface area contributed by atoms with E-state index in [0.717, 1.165) is 0 Å². The van der Waals surface area contributed by atoms with Gasteiger partial charge >= 0.3 is 0 Å². The van der Waals surface area contributed by atoms with Crippen molar-refractivity contribution in [3.8, 4) is 0 Å². The summed E-state index contributed by atoms with van der Waals surface area (Å²) in [6.45, 7) is 10.6. The van der Waals surface area contributed by atoms with Gasteiger partial charge in [-0.1, -0.05) is 12.1 Å². The molecule has 0 unspecified atom stereocenters. The molecule has 21 heavy (non-hydrogen) atoms. The lowest BCUT2D eigenvalue weighted by atomic mass is 10.1. The molecule has 5 nitrogen and oxygen atoms in total. The molecular formula is C15H26N2O3S. The molecule has 0 aliphatic rings. The molecule has 0 saturated heterocycles. The van der Waals surface area contributed by atoms with Crippen LogP contribution in [0.25, 0.3) is 0 Å². The highest BCUT2D eigenvalue weighted by molar-refractivity contribution is 7.89. The highest BCUT2D eigenvalue weighted by Crippen LogP contribution is 2.22. The Morgan fingerprint density at radius 2 is 1.86 bits per heavy atom. The summed E-state index contributed by atoms with van der Waals surface area (Å²) in [6, 6.07) is 6.73. The van der Waals surface area contributed by atoms with Crippen LogP contribution in [-0.2, 0) is 14.8 Å². The lowest BCUT2D eigenvalue weighted by molar-refractivity contribution is 0.000659. The Morgan fingerprint density at radius 3 is 2.43 bits per heavy atom. The Balaban J connectivity index is 2.95. The number of hydrogen-bond acceptors (Lipinski definition) is 4. The first kappa shape index (κ1) is 17.9. The molecule has 0 heterocycles. The van der Waals surface area contributed by atoms with E-state index in [4.69, 9.17) is 4.74 Å². The molecule has 6 heteroatoms. The number of para-hydroxylation sites is 1. The Kier molecular flexibility index (Phi) is 6.19. The number of ether oxygens (including phenoxy) is 1. The van der Waals surface area contributed by atoms with Crippen molar-refractivity contribution in [1.29, 1.82) is 0 Å². The summed E-state index contributed by atoms with van der Waals surface area (Å²) >= 11 is 0. The van der Waals surface area contributed by atoms with E-state index in [-0.39, 0.29) is 16.5 Å². The van der Waals surface area contributed by atoms with Crippen molar-refractivity contribution in [2.24, 2.45) is 0 Å². The molecule has 2 N–H and O–H groups in total. The Labute approximate surface area is 128 Å². The number of nitrogens with one attached hydrogen (secondary N) is 2. The van der Waals surface area contributed by atoms with Gasteiger partial charge in [0.1, 0.15) is 4.90 Å². The average molecular weight is 314 g/mol. The summed E-state index contributed by atoms with van der Waals surface area (Å²) in [5.41, 5.74) is 0.218. The minimum atomic E-state index is -3.52. The molecule has 0 saturated carbocycles. The van der Waals surface area contributed by atoms with Crippen molar-refractivity contribution in [3.05, 3.63) is 24.3 Å². The van der Waals surface area contributed by atoms with Gasteiger partial charge in [0.25, 0.3) is 0 Å². The zero-order chi connectivity index (χ0) is 16.1. The van der Waals surface area contributed by atoms with Crippen LogP contribution in [0, 0.1) is 0 Å². The van der Waals surface area contributed by atoms with Crippen molar-refractivity contribution in [2.45, 2.75) is 51.2 Å². The largest absolute Gasteiger partial charge is 0.381 e. The number of benzene rings is 1. The van der Waals surface area contributed by atoms with Crippen LogP contribution in [0.4, 0.5) is 5.69 Å². The van der Waals surface area contributed by atoms with Gasteiger partial charge in [-0.3, -0.25) is 0 Å². The summed E-state index contributed by atoms with van der Waals surface area (Å²) in [5.74, 6) is 0. The van der Waals surface area contributed by atoms with Gasteiger partial charge < -0.3 is 10.1 Å². The molecule has 0 atom stereocenters. The van der Waals surface area contributed by atoms with Crippen molar-refractivity contribution in [2.75, 3.05) is 18.5 Å². The quantitative estimate of drug-likeness (QED) is 0.774. The molecular weight excluding hydrogens is 288 g/mol. The molecule has 120 valence electrons. The molecule has 1 aromatic rings. The van der Waals surface area contributed by atoms with Crippen LogP contribution >= 0.6 is 0 Å². The van der Waals surface area contributed by atoms with Gasteiger partial charge in [-0.25, -0.2) is 13.1 Å². The predicted octanol–water partition coefficient (Wildman–Crippen LogP) is 2.60. The summed E-state index contributed by atoms with van der Waals surface area (Å²) in [5, 5.41) is 3.17. The third-order valence-electron chi connectivity index (χ3n) is 2.81. The van der Waals surface area contributed by atoms with Crippen LogP contribution < -0.4 is 10.0 Å². The van der Waals surface area contributed by atoms with Gasteiger partial charge in [-0.05, 0) is 46.8 Å². The van der Waals surface area contributed by atoms with E-state index in [0.29, 0.717) is 18.8 Å². The van der Waals surface area contributed by atoms with Crippen LogP contribution in [0.5, 0.6) is 0 Å². The molecule has 1 aromatic carbocycles. The lowest BCUT2D eigenvalue weighted by Crippen LogP contribution is -2.34. The Bertz CT molecular complexity index is 554. The minimum Gasteiger partial charge on any atom is -0.381 e. The molecule has 0 amide bonds. The zero-order valence-corrected chi connectivity index (χ0v) is 14.3. The predicted molar refractivity (Wildman–Crippen MR) is 86.1 cm³/mol. The fourth-order valence-corrected chi connectivity index (χ4v) is 3.41. The van der Waals surface area contributed by atoms with Crippen LogP contribution in [0.1, 0.15) is 34.6 Å². The monoisotopic (exact) mass is 314 g/mol. The second-order valence-electron chi connectivity index (χ2n) is 5.82. The van der Waals surface area contributed by atoms with E-state index in [1.54, 1.807) is 32.0 Å². The third-order valence-corrected chi connectivity index (χ3v) is 4.52. The Hall–Kier alpha value is -1.11. The fraction of sp³-hybridized carbons (Fsp3) is 0.600. The zero-order valence-electron chi connectivity index (χ0n) is 13.4. The highest BCUT2D eigenvalue weighted by Gasteiger charge is 2.22. The van der Waals surface area contributed by atoms with Crippen molar-refractivity contribution >= 4 is 15.7 Å². The first-order valence-electron chi connectivity index (χ1n) is 7.17. The molecule has 0 radical (unpaired) electrons. The molecule has 0 aromatic heterocycles. The molecule has 0 bridgehead atoms. The van der Waals surface area contributed by atoms with Gasteiger partial charge in [-0.2, -0.15) is 0 Å². The highest BCUT2D eigenvalue weighted by atomic mass is 32.2. The van der Waals surface area contributed by atoms with Crippen LogP contribution in [0.15, 0.2) is 29.2 Å². The van der Waals surface area contributed by atoms with Gasteiger partial charge in [0.05, 0.1) is 11.3 Å². The van der Waals surface area contributed by atoms with Gasteiger partial charge in [0.2, 0.25) is 10.0 Å². The lowest BCUT2D eigenvalue weighted by Gasteiger charge is -2.26. The Morgan fingerprint density at radius 1 is 1.24 bits per heavy atom. The summed E-state index contributed by atoms with van der Waals surface area (Å²) in [6.07, 6.45) is 0. The number of hydrogen-bond donors (Lipinski definition) is 2. The van der Waals surface area contributed by atoms with E-state index >= 15 is 0 Å². The third kappa shape index (κ3) is 5.65. The van der Waals surface area contributed by atoms with Gasteiger partial charge in [0.15, 0.2) is 0 Å². The van der Waals surface area contributed by atoms with Gasteiger partial charge in [-0.15, -0.1) is 0 Å². The van der Waals surface area contributed by atoms with Crippen molar-refractivity contribution in [3.63, 3.8) is 0 Å². The maximum Gasteiger partial charge on any atom is 0.242 e. The summed E-state index contributed by atoms with van der Waals surface area (Å²) < 4.78 is 32.9. The smallest absolute Gasteiger partial charge is 0.242 e. The van der Waals surface area contributed by atoms with E-state index < -0.39 is 10.0 Å². The van der Waals surface area contributed by atoms with Crippen LogP contribution in [-0.4, -0.2) is 33.2 Å². The average Bonchev–Trinajstić information content (AvgIpc) is 2.35. The van der Waals surface area contributed by atoms with Crippen LogP contribution in [0.2, 0.25) is 0 Å². The van der Waals surface area contributed by atoms with Crippen LogP contribution in [0.3, 0.4) is 0 Å². The maximum absolute atomic E-state index is 12.3. The molecule has 0 spiro atoms. The summed E-state index contributed by atoms with van der Waals surface area (Å²) in [4.78, 5) is 0.256. The second-order valence-corrected chi connectivity index (χ2v) is 7.50. The SMILES string of the molecule is CCOC(C)(C)CNc1ccccc1S(=O)(=O)NC(C)C. The molecule has 0 fully saturated rings. The van der Waals surface area contributed by atoms with E-state index in [1.807, 2.05) is 26.8 Å². The van der Waals surface area contributed by atoms with E-state index in [9.17, 15) is 8.42 Å². The summed E-state index contributed by atoms with van der Waals surface area (Å²) in [7, 11) is -3.52. The normalized spacial score (nSPS) is 12.7. The molecule has 1 rings (SSSR count). The van der Waals surface area contributed by atoms with Crippen molar-refractivity contribution in [1.82, 2.24) is 4.72 Å². The first-order chi connectivity index (χ1) is 9.68.